The van der Waals surface area contributed by atoms with Gasteiger partial charge in [-0.2, -0.15) is 0 Å². The van der Waals surface area contributed by atoms with Crippen LogP contribution in [0.15, 0.2) is 0 Å². The Morgan fingerprint density at radius 1 is 1.05 bits per heavy atom. The molecule has 2 fully saturated rings. The second-order valence-electron chi connectivity index (χ2n) is 6.95. The number of hydrogen-bond donors (Lipinski definition) is 0. The van der Waals surface area contributed by atoms with Crippen LogP contribution in [0.3, 0.4) is 0 Å². The smallest absolute Gasteiger partial charge is 0.309 e. The first-order chi connectivity index (χ1) is 9.99. The normalized spacial score (nSPS) is 27.7. The molecule has 1 saturated heterocycles. The Bertz CT molecular complexity index is 372. The van der Waals surface area contributed by atoms with E-state index in [-0.39, 0.29) is 23.9 Å². The summed E-state index contributed by atoms with van der Waals surface area (Å²) in [7, 11) is 0. The van der Waals surface area contributed by atoms with Gasteiger partial charge in [0.15, 0.2) is 0 Å². The number of hydrogen-bond acceptors (Lipinski definition) is 3. The molecule has 0 aromatic rings. The van der Waals surface area contributed by atoms with E-state index in [0.29, 0.717) is 24.9 Å². The third kappa shape index (κ3) is 4.21. The van der Waals surface area contributed by atoms with Crippen molar-refractivity contribution in [3.05, 3.63) is 0 Å². The van der Waals surface area contributed by atoms with Crippen molar-refractivity contribution in [1.29, 1.82) is 0 Å². The molecular formula is C17H29NO3. The lowest BCUT2D eigenvalue weighted by molar-refractivity contribution is -0.162. The van der Waals surface area contributed by atoms with E-state index in [0.717, 1.165) is 19.3 Å². The number of ether oxygens (including phenoxy) is 1. The summed E-state index contributed by atoms with van der Waals surface area (Å²) in [6.45, 7) is 7.42. The van der Waals surface area contributed by atoms with Gasteiger partial charge in [0, 0.05) is 20.0 Å². The number of carbonyl (C=O) groups is 2. The minimum atomic E-state index is -0.0317. The number of carbonyl (C=O) groups excluding carboxylic acids is 2. The van der Waals surface area contributed by atoms with Crippen molar-refractivity contribution in [1.82, 2.24) is 4.90 Å². The van der Waals surface area contributed by atoms with Crippen LogP contribution in [0.4, 0.5) is 0 Å². The average Bonchev–Trinajstić information content (AvgIpc) is 2.47. The maximum Gasteiger partial charge on any atom is 0.309 e. The summed E-state index contributed by atoms with van der Waals surface area (Å²) in [5.41, 5.74) is 0. The quantitative estimate of drug-likeness (QED) is 0.752. The highest BCUT2D eigenvalue weighted by molar-refractivity contribution is 5.75. The molecule has 0 radical (unpaired) electrons. The lowest BCUT2D eigenvalue weighted by Gasteiger charge is -2.36. The number of amides is 1. The molecule has 1 heterocycles. The Labute approximate surface area is 128 Å². The SMILES string of the molecule is CC(=O)N1CCC(C(=O)O[C@@H]2CCCC[C@@H]2C(C)C)CC1. The largest absolute Gasteiger partial charge is 0.462 e. The fourth-order valence-corrected chi connectivity index (χ4v) is 3.71. The second-order valence-corrected chi connectivity index (χ2v) is 6.95. The minimum Gasteiger partial charge on any atom is -0.462 e. The van der Waals surface area contributed by atoms with Crippen LogP contribution < -0.4 is 0 Å². The maximum atomic E-state index is 12.4. The lowest BCUT2D eigenvalue weighted by Crippen LogP contribution is -2.41. The summed E-state index contributed by atoms with van der Waals surface area (Å²) in [6, 6.07) is 0. The zero-order valence-corrected chi connectivity index (χ0v) is 13.6. The molecule has 0 N–H and O–H groups in total. The molecule has 21 heavy (non-hydrogen) atoms. The van der Waals surface area contributed by atoms with E-state index in [4.69, 9.17) is 4.74 Å². The van der Waals surface area contributed by atoms with Gasteiger partial charge in [-0.25, -0.2) is 0 Å². The van der Waals surface area contributed by atoms with Crippen LogP contribution in [0.2, 0.25) is 0 Å². The highest BCUT2D eigenvalue weighted by Gasteiger charge is 2.33. The summed E-state index contributed by atoms with van der Waals surface area (Å²) in [5, 5.41) is 0. The number of nitrogens with zero attached hydrogens (tertiary/aromatic N) is 1. The first kappa shape index (κ1) is 16.3. The standard InChI is InChI=1S/C17H29NO3/c1-12(2)15-6-4-5-7-16(15)21-17(20)14-8-10-18(11-9-14)13(3)19/h12,14-16H,4-11H2,1-3H3/t15-,16-/m1/s1. The van der Waals surface area contributed by atoms with Gasteiger partial charge < -0.3 is 9.64 Å². The molecule has 0 unspecified atom stereocenters. The Morgan fingerprint density at radius 3 is 2.24 bits per heavy atom. The zero-order chi connectivity index (χ0) is 15.4. The van der Waals surface area contributed by atoms with Crippen molar-refractivity contribution < 1.29 is 14.3 Å². The predicted octanol–water partition coefficient (Wildman–Crippen LogP) is 3.00. The third-order valence-corrected chi connectivity index (χ3v) is 5.15. The number of likely N-dealkylation sites (tertiary alicyclic amines) is 1. The fourth-order valence-electron chi connectivity index (χ4n) is 3.71. The summed E-state index contributed by atoms with van der Waals surface area (Å²) in [5.74, 6) is 1.14. The molecule has 4 heteroatoms. The van der Waals surface area contributed by atoms with Gasteiger partial charge in [-0.1, -0.05) is 20.3 Å². The Hall–Kier alpha value is -1.06. The highest BCUT2D eigenvalue weighted by Crippen LogP contribution is 2.33. The van der Waals surface area contributed by atoms with Gasteiger partial charge in [0.25, 0.3) is 0 Å². The van der Waals surface area contributed by atoms with Crippen molar-refractivity contribution >= 4 is 11.9 Å². The minimum absolute atomic E-state index is 0.0182. The monoisotopic (exact) mass is 295 g/mol. The molecule has 0 aromatic carbocycles. The van der Waals surface area contributed by atoms with Crippen molar-refractivity contribution in [3.63, 3.8) is 0 Å². The lowest BCUT2D eigenvalue weighted by atomic mass is 9.79. The average molecular weight is 295 g/mol. The van der Waals surface area contributed by atoms with Crippen LogP contribution in [0, 0.1) is 17.8 Å². The van der Waals surface area contributed by atoms with Gasteiger partial charge in [-0.15, -0.1) is 0 Å². The van der Waals surface area contributed by atoms with E-state index in [1.807, 2.05) is 4.90 Å². The predicted molar refractivity (Wildman–Crippen MR) is 81.7 cm³/mol. The van der Waals surface area contributed by atoms with E-state index < -0.39 is 0 Å². The third-order valence-electron chi connectivity index (χ3n) is 5.15. The summed E-state index contributed by atoms with van der Waals surface area (Å²) < 4.78 is 5.86. The van der Waals surface area contributed by atoms with Crippen molar-refractivity contribution in [2.24, 2.45) is 17.8 Å². The van der Waals surface area contributed by atoms with E-state index in [1.54, 1.807) is 6.92 Å². The van der Waals surface area contributed by atoms with E-state index in [2.05, 4.69) is 13.8 Å². The van der Waals surface area contributed by atoms with Crippen molar-refractivity contribution in [2.45, 2.75) is 65.4 Å². The number of rotatable bonds is 3. The first-order valence-corrected chi connectivity index (χ1v) is 8.45. The molecule has 120 valence electrons. The van der Waals surface area contributed by atoms with Gasteiger partial charge in [0.05, 0.1) is 5.92 Å². The van der Waals surface area contributed by atoms with E-state index >= 15 is 0 Å². The van der Waals surface area contributed by atoms with Crippen LogP contribution in [0.5, 0.6) is 0 Å². The Kier molecular flexibility index (Phi) is 5.65. The molecular weight excluding hydrogens is 266 g/mol. The van der Waals surface area contributed by atoms with Gasteiger partial charge in [0.2, 0.25) is 5.91 Å². The summed E-state index contributed by atoms with van der Waals surface area (Å²) in [6.07, 6.45) is 6.23. The zero-order valence-electron chi connectivity index (χ0n) is 13.6. The van der Waals surface area contributed by atoms with Crippen LogP contribution in [-0.4, -0.2) is 36.0 Å². The molecule has 4 nitrogen and oxygen atoms in total. The topological polar surface area (TPSA) is 46.6 Å². The van der Waals surface area contributed by atoms with Crippen LogP contribution in [0.1, 0.15) is 59.3 Å². The van der Waals surface area contributed by atoms with Gasteiger partial charge in [-0.3, -0.25) is 9.59 Å². The fraction of sp³-hybridized carbons (Fsp3) is 0.882. The molecule has 1 aliphatic heterocycles. The van der Waals surface area contributed by atoms with Crippen LogP contribution in [0.25, 0.3) is 0 Å². The molecule has 1 amide bonds. The number of esters is 1. The molecule has 1 saturated carbocycles. The Morgan fingerprint density at radius 2 is 1.67 bits per heavy atom. The Balaban J connectivity index is 1.85. The summed E-state index contributed by atoms with van der Waals surface area (Å²) in [4.78, 5) is 25.5. The molecule has 2 aliphatic rings. The molecule has 0 bridgehead atoms. The van der Waals surface area contributed by atoms with E-state index in [9.17, 15) is 9.59 Å². The van der Waals surface area contributed by atoms with Gasteiger partial charge in [0.1, 0.15) is 6.10 Å². The van der Waals surface area contributed by atoms with Crippen molar-refractivity contribution in [3.8, 4) is 0 Å². The van der Waals surface area contributed by atoms with Crippen LogP contribution in [-0.2, 0) is 14.3 Å². The highest BCUT2D eigenvalue weighted by atomic mass is 16.5. The molecule has 2 rings (SSSR count). The molecule has 1 aliphatic carbocycles. The molecule has 0 aromatic heterocycles. The van der Waals surface area contributed by atoms with Gasteiger partial charge >= 0.3 is 5.97 Å². The molecule has 0 spiro atoms. The van der Waals surface area contributed by atoms with Crippen molar-refractivity contribution in [2.75, 3.05) is 13.1 Å². The number of piperidine rings is 1. The maximum absolute atomic E-state index is 12.4. The summed E-state index contributed by atoms with van der Waals surface area (Å²) >= 11 is 0. The van der Waals surface area contributed by atoms with Gasteiger partial charge in [-0.05, 0) is 43.9 Å². The second kappa shape index (κ2) is 7.28. The molecule has 2 atom stereocenters. The first-order valence-electron chi connectivity index (χ1n) is 8.45. The van der Waals surface area contributed by atoms with E-state index in [1.165, 1.54) is 19.3 Å². The van der Waals surface area contributed by atoms with Crippen LogP contribution >= 0.6 is 0 Å².